The van der Waals surface area contributed by atoms with Crippen LogP contribution in [0.15, 0.2) is 24.3 Å². The smallest absolute Gasteiger partial charge is 0.150 e. The van der Waals surface area contributed by atoms with Gasteiger partial charge >= 0.3 is 0 Å². The largest absolute Gasteiger partial charge is 0.394 e. The average Bonchev–Trinajstić information content (AvgIpc) is 2.65. The first-order valence-electron chi connectivity index (χ1n) is 6.62. The molecule has 0 atom stereocenters. The van der Waals surface area contributed by atoms with E-state index < -0.39 is 0 Å². The van der Waals surface area contributed by atoms with Crippen molar-refractivity contribution in [2.75, 3.05) is 17.7 Å². The Balaban J connectivity index is 2.27. The zero-order valence-electron chi connectivity index (χ0n) is 12.1. The average molecular weight is 258 g/mol. The summed E-state index contributed by atoms with van der Waals surface area (Å²) >= 11 is 0. The fourth-order valence-corrected chi connectivity index (χ4v) is 2.37. The maximum absolute atomic E-state index is 6.14. The second-order valence-electron chi connectivity index (χ2n) is 4.98. The summed E-state index contributed by atoms with van der Waals surface area (Å²) in [4.78, 5) is 2.16. The number of anilines is 2. The molecule has 0 bridgehead atoms. The molecule has 4 heteroatoms. The van der Waals surface area contributed by atoms with Crippen LogP contribution in [-0.4, -0.2) is 16.8 Å². The van der Waals surface area contributed by atoms with Crippen molar-refractivity contribution in [3.05, 3.63) is 41.1 Å². The van der Waals surface area contributed by atoms with E-state index in [1.807, 2.05) is 11.6 Å². The van der Waals surface area contributed by atoms with E-state index in [0.29, 0.717) is 0 Å². The van der Waals surface area contributed by atoms with Crippen LogP contribution in [0.25, 0.3) is 0 Å². The zero-order chi connectivity index (χ0) is 14.0. The molecule has 2 aromatic rings. The summed E-state index contributed by atoms with van der Waals surface area (Å²) in [6.45, 7) is 7.79. The number of aryl methyl sites for hydroxylation is 3. The number of hydrogen-bond donors (Lipinski definition) is 1. The molecule has 0 radical (unpaired) electrons. The Morgan fingerprint density at radius 3 is 2.68 bits per heavy atom. The summed E-state index contributed by atoms with van der Waals surface area (Å²) < 4.78 is 1.96. The summed E-state index contributed by atoms with van der Waals surface area (Å²) in [5, 5.41) is 4.46. The summed E-state index contributed by atoms with van der Waals surface area (Å²) in [6, 6.07) is 8.54. The molecule has 1 aromatic heterocycles. The van der Waals surface area contributed by atoms with Crippen LogP contribution in [0.2, 0.25) is 0 Å². The summed E-state index contributed by atoms with van der Waals surface area (Å²) in [7, 11) is 2.06. The third kappa shape index (κ3) is 2.72. The van der Waals surface area contributed by atoms with E-state index in [1.54, 1.807) is 0 Å². The van der Waals surface area contributed by atoms with Gasteiger partial charge in [0.1, 0.15) is 0 Å². The highest BCUT2D eigenvalue weighted by atomic mass is 15.4. The number of rotatable bonds is 4. The minimum absolute atomic E-state index is 0.775. The normalized spacial score (nSPS) is 10.7. The lowest BCUT2D eigenvalue weighted by Crippen LogP contribution is -2.21. The molecule has 0 saturated carbocycles. The van der Waals surface area contributed by atoms with Crippen LogP contribution >= 0.6 is 0 Å². The van der Waals surface area contributed by atoms with Crippen molar-refractivity contribution in [3.8, 4) is 0 Å². The predicted octanol–water partition coefficient (Wildman–Crippen LogP) is 2.74. The van der Waals surface area contributed by atoms with Crippen molar-refractivity contribution in [3.63, 3.8) is 0 Å². The highest BCUT2D eigenvalue weighted by molar-refractivity contribution is 5.66. The van der Waals surface area contributed by atoms with Crippen molar-refractivity contribution in [2.24, 2.45) is 0 Å². The van der Waals surface area contributed by atoms with Crippen molar-refractivity contribution >= 4 is 11.5 Å². The number of aromatic nitrogens is 2. The Morgan fingerprint density at radius 1 is 1.32 bits per heavy atom. The maximum atomic E-state index is 6.14. The van der Waals surface area contributed by atoms with Gasteiger partial charge in [-0.3, -0.25) is 0 Å². The zero-order valence-corrected chi connectivity index (χ0v) is 12.1. The van der Waals surface area contributed by atoms with Gasteiger partial charge in [-0.25, -0.2) is 4.68 Å². The maximum Gasteiger partial charge on any atom is 0.150 e. The Bertz CT molecular complexity index is 572. The first kappa shape index (κ1) is 13.5. The minimum Gasteiger partial charge on any atom is -0.394 e. The first-order chi connectivity index (χ1) is 9.02. The fourth-order valence-electron chi connectivity index (χ4n) is 2.37. The van der Waals surface area contributed by atoms with Crippen LogP contribution in [0.4, 0.5) is 11.5 Å². The summed E-state index contributed by atoms with van der Waals surface area (Å²) in [5.74, 6) is 1.00. The third-order valence-corrected chi connectivity index (χ3v) is 3.31. The highest BCUT2D eigenvalue weighted by Crippen LogP contribution is 2.26. The van der Waals surface area contributed by atoms with Crippen LogP contribution in [0, 0.1) is 13.8 Å². The molecule has 0 aliphatic carbocycles. The van der Waals surface area contributed by atoms with Crippen molar-refractivity contribution in [1.82, 2.24) is 9.78 Å². The van der Waals surface area contributed by atoms with Crippen LogP contribution in [0.1, 0.15) is 23.7 Å². The molecule has 0 saturated heterocycles. The molecule has 2 rings (SSSR count). The van der Waals surface area contributed by atoms with Crippen LogP contribution in [0.3, 0.4) is 0 Å². The Labute approximate surface area is 114 Å². The lowest BCUT2D eigenvalue weighted by Gasteiger charge is -2.21. The number of nitrogens with zero attached hydrogens (tertiary/aromatic N) is 3. The fraction of sp³-hybridized carbons (Fsp3) is 0.400. The highest BCUT2D eigenvalue weighted by Gasteiger charge is 2.15. The molecule has 1 aromatic carbocycles. The topological polar surface area (TPSA) is 47.1 Å². The SMILES string of the molecule is CCn1nc(C)c(N)c1N(C)Cc1cccc(C)c1. The standard InChI is InChI=1S/C15H22N4/c1-5-19-15(14(16)12(3)17-19)18(4)10-13-8-6-7-11(2)9-13/h6-9H,5,10,16H2,1-4H3. The summed E-state index contributed by atoms with van der Waals surface area (Å²) in [6.07, 6.45) is 0. The van der Waals surface area contributed by atoms with Crippen molar-refractivity contribution in [1.29, 1.82) is 0 Å². The molecular formula is C15H22N4. The molecule has 4 nitrogen and oxygen atoms in total. The Kier molecular flexibility index (Phi) is 3.79. The van der Waals surface area contributed by atoms with Crippen LogP contribution in [0.5, 0.6) is 0 Å². The van der Waals surface area contributed by atoms with E-state index in [4.69, 9.17) is 5.73 Å². The van der Waals surface area contributed by atoms with E-state index in [-0.39, 0.29) is 0 Å². The number of nitrogens with two attached hydrogens (primary N) is 1. The molecule has 0 unspecified atom stereocenters. The summed E-state index contributed by atoms with van der Waals surface area (Å²) in [5.41, 5.74) is 10.4. The minimum atomic E-state index is 0.775. The van der Waals surface area contributed by atoms with E-state index in [9.17, 15) is 0 Å². The van der Waals surface area contributed by atoms with Gasteiger partial charge in [0, 0.05) is 20.1 Å². The van der Waals surface area contributed by atoms with Gasteiger partial charge in [0.2, 0.25) is 0 Å². The number of nitrogen functional groups attached to an aromatic ring is 1. The second-order valence-corrected chi connectivity index (χ2v) is 4.98. The lowest BCUT2D eigenvalue weighted by molar-refractivity contribution is 0.640. The van der Waals surface area contributed by atoms with E-state index in [0.717, 1.165) is 30.3 Å². The number of benzene rings is 1. The molecular weight excluding hydrogens is 236 g/mol. The molecule has 2 N–H and O–H groups in total. The van der Waals surface area contributed by atoms with Gasteiger partial charge in [-0.1, -0.05) is 29.8 Å². The molecule has 0 aliphatic rings. The Hall–Kier alpha value is -1.97. The van der Waals surface area contributed by atoms with Gasteiger partial charge in [0.25, 0.3) is 0 Å². The molecule has 1 heterocycles. The first-order valence-corrected chi connectivity index (χ1v) is 6.62. The van der Waals surface area contributed by atoms with Gasteiger partial charge in [-0.15, -0.1) is 0 Å². The van der Waals surface area contributed by atoms with Crippen LogP contribution in [-0.2, 0) is 13.1 Å². The molecule has 0 spiro atoms. The van der Waals surface area contributed by atoms with Crippen LogP contribution < -0.4 is 10.6 Å². The molecule has 0 amide bonds. The number of hydrogen-bond acceptors (Lipinski definition) is 3. The molecule has 0 fully saturated rings. The van der Waals surface area contributed by atoms with Crippen molar-refractivity contribution < 1.29 is 0 Å². The molecule has 0 aliphatic heterocycles. The van der Waals surface area contributed by atoms with E-state index in [1.165, 1.54) is 11.1 Å². The quantitative estimate of drug-likeness (QED) is 0.917. The second kappa shape index (κ2) is 5.34. The molecule has 19 heavy (non-hydrogen) atoms. The van der Waals surface area contributed by atoms with Gasteiger partial charge in [0.15, 0.2) is 5.82 Å². The Morgan fingerprint density at radius 2 is 2.05 bits per heavy atom. The van der Waals surface area contributed by atoms with Gasteiger partial charge in [-0.2, -0.15) is 5.10 Å². The van der Waals surface area contributed by atoms with E-state index >= 15 is 0 Å². The van der Waals surface area contributed by atoms with E-state index in [2.05, 4.69) is 55.2 Å². The molecule has 102 valence electrons. The predicted molar refractivity (Wildman–Crippen MR) is 80.3 cm³/mol. The van der Waals surface area contributed by atoms with Gasteiger partial charge in [-0.05, 0) is 26.3 Å². The van der Waals surface area contributed by atoms with Crippen molar-refractivity contribution in [2.45, 2.75) is 33.9 Å². The monoisotopic (exact) mass is 258 g/mol. The third-order valence-electron chi connectivity index (χ3n) is 3.31. The van der Waals surface area contributed by atoms with Gasteiger partial charge < -0.3 is 10.6 Å². The lowest BCUT2D eigenvalue weighted by atomic mass is 10.1. The van der Waals surface area contributed by atoms with Gasteiger partial charge in [0.05, 0.1) is 11.4 Å².